The number of hydrogen-bond acceptors (Lipinski definition) is 5. The van der Waals surface area contributed by atoms with Crippen molar-refractivity contribution in [2.75, 3.05) is 24.5 Å². The summed E-state index contributed by atoms with van der Waals surface area (Å²) in [6.07, 6.45) is 9.05. The van der Waals surface area contributed by atoms with E-state index in [0.717, 1.165) is 68.3 Å². The summed E-state index contributed by atoms with van der Waals surface area (Å²) in [6, 6.07) is 4.33. The zero-order chi connectivity index (χ0) is 18.2. The molecule has 2 aromatic heterocycles. The predicted octanol–water partition coefficient (Wildman–Crippen LogP) is 2.59. The molecule has 1 aliphatic carbocycles. The second-order valence-electron chi connectivity index (χ2n) is 8.18. The summed E-state index contributed by atoms with van der Waals surface area (Å²) in [5.74, 6) is 2.49. The number of aromatic amines is 1. The van der Waals surface area contributed by atoms with Crippen LogP contribution in [0.25, 0.3) is 0 Å². The molecule has 6 heteroatoms. The molecule has 0 spiro atoms. The fourth-order valence-electron chi connectivity index (χ4n) is 4.26. The third-order valence-electron chi connectivity index (χ3n) is 6.03. The van der Waals surface area contributed by atoms with Crippen molar-refractivity contribution >= 4 is 5.82 Å². The monoisotopic (exact) mass is 365 g/mol. The van der Waals surface area contributed by atoms with Crippen LogP contribution in [-0.4, -0.2) is 39.5 Å². The molecule has 3 aliphatic rings. The molecule has 4 heterocycles. The van der Waals surface area contributed by atoms with Crippen LogP contribution in [0.3, 0.4) is 0 Å². The highest BCUT2D eigenvalue weighted by molar-refractivity contribution is 5.39. The van der Waals surface area contributed by atoms with E-state index in [0.29, 0.717) is 12.5 Å². The summed E-state index contributed by atoms with van der Waals surface area (Å²) < 4.78 is 0. The molecule has 2 aliphatic heterocycles. The zero-order valence-corrected chi connectivity index (χ0v) is 15.8. The van der Waals surface area contributed by atoms with Crippen LogP contribution in [0.4, 0.5) is 5.82 Å². The summed E-state index contributed by atoms with van der Waals surface area (Å²) in [6.45, 7) is 4.69. The maximum Gasteiger partial charge on any atom is 0.255 e. The molecule has 1 saturated heterocycles. The van der Waals surface area contributed by atoms with Crippen molar-refractivity contribution in [3.63, 3.8) is 0 Å². The summed E-state index contributed by atoms with van der Waals surface area (Å²) >= 11 is 0. The van der Waals surface area contributed by atoms with Gasteiger partial charge < -0.3 is 9.88 Å². The van der Waals surface area contributed by atoms with Gasteiger partial charge in [0.15, 0.2) is 0 Å². The lowest BCUT2D eigenvalue weighted by atomic mass is 10.1. The van der Waals surface area contributed by atoms with E-state index in [4.69, 9.17) is 4.98 Å². The van der Waals surface area contributed by atoms with E-state index in [-0.39, 0.29) is 5.56 Å². The van der Waals surface area contributed by atoms with Crippen LogP contribution in [0.5, 0.6) is 0 Å². The first kappa shape index (κ1) is 16.9. The van der Waals surface area contributed by atoms with Gasteiger partial charge in [0.25, 0.3) is 5.56 Å². The number of nitrogens with one attached hydrogen (secondary N) is 1. The molecule has 0 aromatic carbocycles. The highest BCUT2D eigenvalue weighted by atomic mass is 16.1. The number of nitrogens with zero attached hydrogens (tertiary/aromatic N) is 4. The molecule has 142 valence electrons. The largest absolute Gasteiger partial charge is 0.357 e. The maximum absolute atomic E-state index is 12.5. The van der Waals surface area contributed by atoms with Gasteiger partial charge in [0.2, 0.25) is 0 Å². The van der Waals surface area contributed by atoms with Crippen LogP contribution in [0.2, 0.25) is 0 Å². The Kier molecular flexibility index (Phi) is 4.44. The van der Waals surface area contributed by atoms with Gasteiger partial charge in [0, 0.05) is 51.3 Å². The van der Waals surface area contributed by atoms with Crippen molar-refractivity contribution in [1.82, 2.24) is 19.9 Å². The maximum atomic E-state index is 12.5. The molecule has 27 heavy (non-hydrogen) atoms. The SMILES string of the molecule is O=c1[nH]c(C2CC2)nc2c1CN(Cc1ccc(N3CCCCC3)nc1)CC2. The standard InChI is InChI=1S/C21H27N5O/c27-21-17-14-25(11-8-18(17)23-20(24-21)16-5-6-16)13-15-4-7-19(22-12-15)26-9-2-1-3-10-26/h4,7,12,16H,1-3,5-6,8-11,13-14H2,(H,23,24,27). The Hall–Kier alpha value is -2.21. The highest BCUT2D eigenvalue weighted by Gasteiger charge is 2.29. The fraction of sp³-hybridized carbons (Fsp3) is 0.571. The molecule has 0 radical (unpaired) electrons. The Labute approximate surface area is 159 Å². The minimum Gasteiger partial charge on any atom is -0.357 e. The quantitative estimate of drug-likeness (QED) is 0.902. The van der Waals surface area contributed by atoms with Gasteiger partial charge in [-0.1, -0.05) is 6.07 Å². The van der Waals surface area contributed by atoms with Crippen LogP contribution in [-0.2, 0) is 19.5 Å². The molecule has 2 aromatic rings. The normalized spacial score (nSPS) is 20.5. The second-order valence-corrected chi connectivity index (χ2v) is 8.18. The molecule has 2 fully saturated rings. The molecule has 0 atom stereocenters. The average Bonchev–Trinajstić information content (AvgIpc) is 3.55. The van der Waals surface area contributed by atoms with E-state index in [1.54, 1.807) is 0 Å². The average molecular weight is 365 g/mol. The van der Waals surface area contributed by atoms with Gasteiger partial charge in [-0.15, -0.1) is 0 Å². The van der Waals surface area contributed by atoms with E-state index in [2.05, 4.69) is 31.9 Å². The van der Waals surface area contributed by atoms with Gasteiger partial charge in [-0.25, -0.2) is 9.97 Å². The molecule has 0 unspecified atom stereocenters. The van der Waals surface area contributed by atoms with Crippen molar-refractivity contribution in [1.29, 1.82) is 0 Å². The minimum absolute atomic E-state index is 0.0603. The van der Waals surface area contributed by atoms with E-state index in [1.807, 2.05) is 6.20 Å². The lowest BCUT2D eigenvalue weighted by Gasteiger charge is -2.29. The van der Waals surface area contributed by atoms with E-state index < -0.39 is 0 Å². The predicted molar refractivity (Wildman–Crippen MR) is 105 cm³/mol. The molecular formula is C21H27N5O. The van der Waals surface area contributed by atoms with E-state index in [1.165, 1.54) is 24.8 Å². The number of fused-ring (bicyclic) bond motifs is 1. The first-order valence-corrected chi connectivity index (χ1v) is 10.3. The van der Waals surface area contributed by atoms with Crippen LogP contribution < -0.4 is 10.5 Å². The number of anilines is 1. The third kappa shape index (κ3) is 3.63. The van der Waals surface area contributed by atoms with Gasteiger partial charge in [0.1, 0.15) is 11.6 Å². The van der Waals surface area contributed by atoms with Crippen LogP contribution in [0, 0.1) is 0 Å². The van der Waals surface area contributed by atoms with E-state index >= 15 is 0 Å². The number of hydrogen-bond donors (Lipinski definition) is 1. The smallest absolute Gasteiger partial charge is 0.255 e. The van der Waals surface area contributed by atoms with Gasteiger partial charge in [0.05, 0.1) is 11.3 Å². The summed E-state index contributed by atoms with van der Waals surface area (Å²) in [5, 5.41) is 0. The van der Waals surface area contributed by atoms with Crippen molar-refractivity contribution in [3.05, 3.63) is 51.3 Å². The molecule has 1 saturated carbocycles. The Bertz CT molecular complexity index is 865. The molecule has 1 N–H and O–H groups in total. The second kappa shape index (κ2) is 7.08. The Balaban J connectivity index is 1.26. The first-order valence-electron chi connectivity index (χ1n) is 10.3. The zero-order valence-electron chi connectivity index (χ0n) is 15.8. The summed E-state index contributed by atoms with van der Waals surface area (Å²) in [4.78, 5) is 29.6. The Morgan fingerprint density at radius 2 is 1.96 bits per heavy atom. The van der Waals surface area contributed by atoms with Crippen LogP contribution in [0.15, 0.2) is 23.1 Å². The lowest BCUT2D eigenvalue weighted by molar-refractivity contribution is 0.241. The van der Waals surface area contributed by atoms with Crippen molar-refractivity contribution in [2.24, 2.45) is 0 Å². The number of rotatable bonds is 4. The van der Waals surface area contributed by atoms with Crippen molar-refractivity contribution in [2.45, 2.75) is 57.5 Å². The molecule has 5 rings (SSSR count). The number of H-pyrrole nitrogens is 1. The van der Waals surface area contributed by atoms with E-state index in [9.17, 15) is 4.79 Å². The Morgan fingerprint density at radius 3 is 2.70 bits per heavy atom. The van der Waals surface area contributed by atoms with Crippen LogP contribution in [0.1, 0.15) is 60.7 Å². The first-order chi connectivity index (χ1) is 13.3. The molecule has 0 bridgehead atoms. The third-order valence-corrected chi connectivity index (χ3v) is 6.03. The van der Waals surface area contributed by atoms with Gasteiger partial charge in [-0.05, 0) is 43.7 Å². The highest BCUT2D eigenvalue weighted by Crippen LogP contribution is 2.37. The molecule has 6 nitrogen and oxygen atoms in total. The minimum atomic E-state index is 0.0603. The molecular weight excluding hydrogens is 338 g/mol. The number of piperidine rings is 1. The summed E-state index contributed by atoms with van der Waals surface area (Å²) in [7, 11) is 0. The lowest BCUT2D eigenvalue weighted by Crippen LogP contribution is -2.35. The van der Waals surface area contributed by atoms with Crippen molar-refractivity contribution in [3.8, 4) is 0 Å². The van der Waals surface area contributed by atoms with Gasteiger partial charge >= 0.3 is 0 Å². The summed E-state index contributed by atoms with van der Waals surface area (Å²) in [5.41, 5.74) is 3.13. The van der Waals surface area contributed by atoms with Gasteiger partial charge in [-0.2, -0.15) is 0 Å². The van der Waals surface area contributed by atoms with Crippen molar-refractivity contribution < 1.29 is 0 Å². The number of aromatic nitrogens is 3. The fourth-order valence-corrected chi connectivity index (χ4v) is 4.26. The molecule has 0 amide bonds. The van der Waals surface area contributed by atoms with Gasteiger partial charge in [-0.3, -0.25) is 9.69 Å². The topological polar surface area (TPSA) is 65.1 Å². The Morgan fingerprint density at radius 1 is 1.11 bits per heavy atom. The van der Waals surface area contributed by atoms with Crippen LogP contribution >= 0.6 is 0 Å². The number of pyridine rings is 1.